The standard InChI is InChI=1S/C17H17N3O2S/c1-12(22)13-4-2-5-14(10-13)15-11-18-16-6-7-17(19-20(15)16)23-9-3-8-21/h2,4-7,10-11,21H,3,8-9H2,1H3. The van der Waals surface area contributed by atoms with Gasteiger partial charge >= 0.3 is 0 Å². The molecule has 0 saturated heterocycles. The van der Waals surface area contributed by atoms with Crippen LogP contribution in [0.1, 0.15) is 23.7 Å². The lowest BCUT2D eigenvalue weighted by Crippen LogP contribution is -1.98. The molecule has 2 aromatic heterocycles. The second-order valence-corrected chi connectivity index (χ2v) is 6.26. The van der Waals surface area contributed by atoms with Crippen LogP contribution in [-0.4, -0.2) is 37.8 Å². The fraction of sp³-hybridized carbons (Fsp3) is 0.235. The van der Waals surface area contributed by atoms with Crippen LogP contribution >= 0.6 is 11.8 Å². The van der Waals surface area contributed by atoms with E-state index in [0.717, 1.165) is 34.1 Å². The third kappa shape index (κ3) is 3.43. The smallest absolute Gasteiger partial charge is 0.159 e. The highest BCUT2D eigenvalue weighted by Gasteiger charge is 2.10. The van der Waals surface area contributed by atoms with Gasteiger partial charge in [0, 0.05) is 23.5 Å². The lowest BCUT2D eigenvalue weighted by Gasteiger charge is -2.05. The number of benzene rings is 1. The zero-order valence-electron chi connectivity index (χ0n) is 12.8. The maximum Gasteiger partial charge on any atom is 0.159 e. The molecule has 1 N–H and O–H groups in total. The predicted octanol–water partition coefficient (Wildman–Crippen LogP) is 3.07. The number of rotatable bonds is 6. The summed E-state index contributed by atoms with van der Waals surface area (Å²) in [5.41, 5.74) is 3.20. The first kappa shape index (κ1) is 15.7. The molecule has 0 aliphatic heterocycles. The first-order valence-corrected chi connectivity index (χ1v) is 8.37. The number of ketones is 1. The van der Waals surface area contributed by atoms with Gasteiger partial charge in [0.25, 0.3) is 0 Å². The van der Waals surface area contributed by atoms with E-state index in [2.05, 4.69) is 10.1 Å². The number of carbonyl (C=O) groups excluding carboxylic acids is 1. The van der Waals surface area contributed by atoms with E-state index in [4.69, 9.17) is 5.11 Å². The SMILES string of the molecule is CC(=O)c1cccc(-c2cnc3ccc(SCCCO)nn23)c1. The monoisotopic (exact) mass is 327 g/mol. The second kappa shape index (κ2) is 6.93. The minimum atomic E-state index is 0.0360. The van der Waals surface area contributed by atoms with E-state index >= 15 is 0 Å². The number of imidazole rings is 1. The van der Waals surface area contributed by atoms with E-state index in [1.165, 1.54) is 0 Å². The van der Waals surface area contributed by atoms with E-state index in [-0.39, 0.29) is 12.4 Å². The molecule has 3 rings (SSSR count). The molecule has 1 aromatic carbocycles. The lowest BCUT2D eigenvalue weighted by molar-refractivity contribution is 0.101. The topological polar surface area (TPSA) is 67.5 Å². The quantitative estimate of drug-likeness (QED) is 0.428. The van der Waals surface area contributed by atoms with Crippen LogP contribution in [0.2, 0.25) is 0 Å². The van der Waals surface area contributed by atoms with Crippen molar-refractivity contribution in [3.05, 3.63) is 48.2 Å². The summed E-state index contributed by atoms with van der Waals surface area (Å²) in [4.78, 5) is 15.9. The number of carbonyl (C=O) groups is 1. The number of hydrogen-bond acceptors (Lipinski definition) is 5. The molecule has 0 fully saturated rings. The van der Waals surface area contributed by atoms with Crippen molar-refractivity contribution in [3.8, 4) is 11.3 Å². The summed E-state index contributed by atoms with van der Waals surface area (Å²) < 4.78 is 1.79. The molecule has 0 spiro atoms. The van der Waals surface area contributed by atoms with Gasteiger partial charge in [0.05, 0.1) is 11.9 Å². The minimum Gasteiger partial charge on any atom is -0.396 e. The van der Waals surface area contributed by atoms with Crippen molar-refractivity contribution in [3.63, 3.8) is 0 Å². The summed E-state index contributed by atoms with van der Waals surface area (Å²) in [5, 5.41) is 14.4. The fourth-order valence-electron chi connectivity index (χ4n) is 2.27. The summed E-state index contributed by atoms with van der Waals surface area (Å²) in [6.45, 7) is 1.74. The molecule has 0 aliphatic rings. The van der Waals surface area contributed by atoms with Gasteiger partial charge in [-0.3, -0.25) is 4.79 Å². The highest BCUT2D eigenvalue weighted by Crippen LogP contribution is 2.23. The van der Waals surface area contributed by atoms with E-state index in [1.54, 1.807) is 35.5 Å². The Kier molecular flexibility index (Phi) is 4.73. The van der Waals surface area contributed by atoms with Crippen LogP contribution in [0.15, 0.2) is 47.6 Å². The minimum absolute atomic E-state index is 0.0360. The molecule has 2 heterocycles. The Morgan fingerprint density at radius 2 is 2.17 bits per heavy atom. The first-order chi connectivity index (χ1) is 11.2. The first-order valence-electron chi connectivity index (χ1n) is 7.39. The highest BCUT2D eigenvalue weighted by molar-refractivity contribution is 7.99. The van der Waals surface area contributed by atoms with Gasteiger partial charge in [-0.1, -0.05) is 18.2 Å². The number of nitrogens with zero attached hydrogens (tertiary/aromatic N) is 3. The van der Waals surface area contributed by atoms with Crippen molar-refractivity contribution in [2.24, 2.45) is 0 Å². The van der Waals surface area contributed by atoms with Gasteiger partial charge in [-0.15, -0.1) is 11.8 Å². The maximum atomic E-state index is 11.6. The van der Waals surface area contributed by atoms with Crippen molar-refractivity contribution >= 4 is 23.2 Å². The van der Waals surface area contributed by atoms with Crippen LogP contribution in [-0.2, 0) is 0 Å². The molecule has 0 atom stereocenters. The van der Waals surface area contributed by atoms with Gasteiger partial charge in [-0.2, -0.15) is 5.10 Å². The summed E-state index contributed by atoms with van der Waals surface area (Å²) in [6.07, 6.45) is 2.51. The van der Waals surface area contributed by atoms with Crippen LogP contribution in [0.3, 0.4) is 0 Å². The Labute approximate surface area is 138 Å². The number of fused-ring (bicyclic) bond motifs is 1. The Hall–Kier alpha value is -2.18. The van der Waals surface area contributed by atoms with Crippen LogP contribution in [0, 0.1) is 0 Å². The highest BCUT2D eigenvalue weighted by atomic mass is 32.2. The van der Waals surface area contributed by atoms with Crippen molar-refractivity contribution < 1.29 is 9.90 Å². The molecule has 0 unspecified atom stereocenters. The average molecular weight is 327 g/mol. The molecular formula is C17H17N3O2S. The number of hydrogen-bond donors (Lipinski definition) is 1. The molecule has 0 radical (unpaired) electrons. The number of Topliss-reactive ketones (excluding diaryl/α,β-unsaturated/α-hetero) is 1. The van der Waals surface area contributed by atoms with Gasteiger partial charge in [-0.05, 0) is 31.5 Å². The van der Waals surface area contributed by atoms with Crippen LogP contribution in [0.25, 0.3) is 16.9 Å². The van der Waals surface area contributed by atoms with Crippen molar-refractivity contribution in [1.29, 1.82) is 0 Å². The molecule has 0 saturated carbocycles. The van der Waals surface area contributed by atoms with Crippen molar-refractivity contribution in [2.45, 2.75) is 18.4 Å². The molecule has 0 amide bonds. The molecular weight excluding hydrogens is 310 g/mol. The lowest BCUT2D eigenvalue weighted by atomic mass is 10.1. The fourth-order valence-corrected chi connectivity index (χ4v) is 3.06. The molecule has 6 heteroatoms. The summed E-state index contributed by atoms with van der Waals surface area (Å²) in [7, 11) is 0. The molecule has 23 heavy (non-hydrogen) atoms. The molecule has 3 aromatic rings. The maximum absolute atomic E-state index is 11.6. The molecule has 0 bridgehead atoms. The molecule has 0 aliphatic carbocycles. The molecule has 118 valence electrons. The third-order valence-electron chi connectivity index (χ3n) is 3.46. The summed E-state index contributed by atoms with van der Waals surface area (Å²) in [5.74, 6) is 0.854. The number of thioether (sulfide) groups is 1. The Morgan fingerprint density at radius 3 is 2.96 bits per heavy atom. The van der Waals surface area contributed by atoms with Gasteiger partial charge in [0.15, 0.2) is 11.4 Å². The zero-order valence-corrected chi connectivity index (χ0v) is 13.6. The van der Waals surface area contributed by atoms with Crippen LogP contribution in [0.4, 0.5) is 0 Å². The number of aliphatic hydroxyl groups is 1. The van der Waals surface area contributed by atoms with Crippen LogP contribution in [0.5, 0.6) is 0 Å². The van der Waals surface area contributed by atoms with E-state index in [9.17, 15) is 4.79 Å². The Balaban J connectivity index is 1.99. The predicted molar refractivity (Wildman–Crippen MR) is 90.9 cm³/mol. The van der Waals surface area contributed by atoms with Crippen LogP contribution < -0.4 is 0 Å². The Morgan fingerprint density at radius 1 is 1.30 bits per heavy atom. The van der Waals surface area contributed by atoms with Crippen molar-refractivity contribution in [1.82, 2.24) is 14.6 Å². The number of aliphatic hydroxyl groups excluding tert-OH is 1. The Bertz CT molecular complexity index is 845. The van der Waals surface area contributed by atoms with E-state index in [0.29, 0.717) is 5.56 Å². The van der Waals surface area contributed by atoms with Crippen molar-refractivity contribution in [2.75, 3.05) is 12.4 Å². The zero-order chi connectivity index (χ0) is 16.2. The molecule has 5 nitrogen and oxygen atoms in total. The second-order valence-electron chi connectivity index (χ2n) is 5.15. The number of aromatic nitrogens is 3. The van der Waals surface area contributed by atoms with Gasteiger partial charge in [-0.25, -0.2) is 9.50 Å². The third-order valence-corrected chi connectivity index (χ3v) is 4.46. The van der Waals surface area contributed by atoms with Gasteiger partial charge < -0.3 is 5.11 Å². The largest absolute Gasteiger partial charge is 0.396 e. The summed E-state index contributed by atoms with van der Waals surface area (Å²) in [6, 6.07) is 11.3. The summed E-state index contributed by atoms with van der Waals surface area (Å²) >= 11 is 1.60. The van der Waals surface area contributed by atoms with E-state index < -0.39 is 0 Å². The van der Waals surface area contributed by atoms with E-state index in [1.807, 2.05) is 30.3 Å². The van der Waals surface area contributed by atoms with Gasteiger partial charge in [0.2, 0.25) is 0 Å². The normalized spacial score (nSPS) is 11.0. The average Bonchev–Trinajstić information content (AvgIpc) is 2.98. The van der Waals surface area contributed by atoms with Gasteiger partial charge in [0.1, 0.15) is 5.03 Å².